The summed E-state index contributed by atoms with van der Waals surface area (Å²) >= 11 is 3.12. The molecule has 0 spiro atoms. The van der Waals surface area contributed by atoms with E-state index in [1.165, 1.54) is 11.3 Å². The van der Waals surface area contributed by atoms with Gasteiger partial charge in [-0.3, -0.25) is 0 Å². The number of hydrogen-bond acceptors (Lipinski definition) is 8. The Hall–Kier alpha value is -3.04. The first-order valence-electron chi connectivity index (χ1n) is 8.79. The van der Waals surface area contributed by atoms with Crippen molar-refractivity contribution in [2.24, 2.45) is 0 Å². The van der Waals surface area contributed by atoms with Crippen LogP contribution in [0.4, 0.5) is 0 Å². The van der Waals surface area contributed by atoms with Crippen LogP contribution < -0.4 is 9.47 Å². The lowest BCUT2D eigenvalue weighted by molar-refractivity contribution is 0.307. The minimum atomic E-state index is 0.418. The van der Waals surface area contributed by atoms with Crippen molar-refractivity contribution < 1.29 is 13.9 Å². The number of nitrogens with zero attached hydrogens (tertiary/aromatic N) is 4. The van der Waals surface area contributed by atoms with Gasteiger partial charge in [-0.05, 0) is 11.8 Å². The lowest BCUT2D eigenvalue weighted by Gasteiger charge is -2.08. The number of aromatic nitrogens is 4. The van der Waals surface area contributed by atoms with Crippen LogP contribution in [0.5, 0.6) is 11.5 Å². The molecule has 0 fully saturated rings. The maximum absolute atomic E-state index is 6.03. The van der Waals surface area contributed by atoms with Gasteiger partial charge in [0.2, 0.25) is 10.9 Å². The van der Waals surface area contributed by atoms with Gasteiger partial charge in [0, 0.05) is 12.1 Å². The molecule has 3 heterocycles. The quantitative estimate of drug-likeness (QED) is 0.359. The number of imidazole rings is 1. The van der Waals surface area contributed by atoms with Crippen molar-refractivity contribution in [2.75, 3.05) is 13.4 Å². The Morgan fingerprint density at radius 3 is 2.79 bits per heavy atom. The van der Waals surface area contributed by atoms with Crippen LogP contribution in [0.15, 0.2) is 57.4 Å². The molecule has 5 rings (SSSR count). The van der Waals surface area contributed by atoms with Gasteiger partial charge in [-0.2, -0.15) is 0 Å². The van der Waals surface area contributed by atoms with Crippen molar-refractivity contribution in [3.8, 4) is 23.1 Å². The smallest absolute Gasteiger partial charge is 0.248 e. The molecular formula is C20H16N4O3S2. The predicted molar refractivity (Wildman–Crippen MR) is 113 cm³/mol. The SMILES string of the molecule is COc1cc(OCc2ccccc2)c2nc(-c3cn4nc(SC)sc4n3)oc2c1. The second-order valence-corrected chi connectivity index (χ2v) is 8.20. The standard InChI is InChI=1S/C20H16N4O3S2/c1-25-13-8-15(26-11-12-6-4-3-5-7-12)17-16(9-13)27-18(22-17)14-10-24-19(21-14)29-20(23-24)28-2/h3-10H,11H2,1-2H3. The van der Waals surface area contributed by atoms with Crippen molar-refractivity contribution in [2.45, 2.75) is 10.9 Å². The molecule has 0 aliphatic rings. The first-order chi connectivity index (χ1) is 14.2. The van der Waals surface area contributed by atoms with Crippen LogP contribution >= 0.6 is 23.1 Å². The van der Waals surface area contributed by atoms with E-state index in [1.54, 1.807) is 29.5 Å². The molecule has 0 N–H and O–H groups in total. The fourth-order valence-electron chi connectivity index (χ4n) is 2.91. The van der Waals surface area contributed by atoms with Crippen molar-refractivity contribution in [3.63, 3.8) is 0 Å². The molecule has 0 bridgehead atoms. The number of methoxy groups -OCH3 is 1. The van der Waals surface area contributed by atoms with Crippen molar-refractivity contribution in [1.82, 2.24) is 19.6 Å². The van der Waals surface area contributed by atoms with E-state index in [9.17, 15) is 0 Å². The van der Waals surface area contributed by atoms with Crippen LogP contribution in [-0.2, 0) is 6.61 Å². The van der Waals surface area contributed by atoms with Gasteiger partial charge >= 0.3 is 0 Å². The van der Waals surface area contributed by atoms with Crippen LogP contribution in [0.2, 0.25) is 0 Å². The molecule has 9 heteroatoms. The number of hydrogen-bond donors (Lipinski definition) is 0. The summed E-state index contributed by atoms with van der Waals surface area (Å²) in [6.07, 6.45) is 3.81. The number of rotatable bonds is 6. The highest BCUT2D eigenvalue weighted by Crippen LogP contribution is 2.35. The predicted octanol–water partition coefficient (Wildman–Crippen LogP) is 4.91. The Balaban J connectivity index is 1.52. The van der Waals surface area contributed by atoms with E-state index in [0.717, 1.165) is 14.9 Å². The first kappa shape index (κ1) is 18.0. The molecule has 0 atom stereocenters. The largest absolute Gasteiger partial charge is 0.496 e. The van der Waals surface area contributed by atoms with Crippen LogP contribution in [0.1, 0.15) is 5.56 Å². The van der Waals surface area contributed by atoms with Gasteiger partial charge in [-0.15, -0.1) is 5.10 Å². The lowest BCUT2D eigenvalue weighted by atomic mass is 10.2. The second kappa shape index (κ2) is 7.41. The molecular weight excluding hydrogens is 408 g/mol. The van der Waals surface area contributed by atoms with Crippen LogP contribution in [-0.4, -0.2) is 32.9 Å². The number of benzene rings is 2. The minimum Gasteiger partial charge on any atom is -0.496 e. The van der Waals surface area contributed by atoms with E-state index in [2.05, 4.69) is 15.1 Å². The molecule has 0 radical (unpaired) electrons. The molecule has 0 unspecified atom stereocenters. The van der Waals surface area contributed by atoms with Crippen LogP contribution in [0.25, 0.3) is 27.6 Å². The summed E-state index contributed by atoms with van der Waals surface area (Å²) in [5, 5.41) is 4.46. The van der Waals surface area contributed by atoms with Gasteiger partial charge in [-0.1, -0.05) is 53.4 Å². The molecule has 7 nitrogen and oxygen atoms in total. The molecule has 2 aromatic carbocycles. The molecule has 0 aliphatic carbocycles. The summed E-state index contributed by atoms with van der Waals surface area (Å²) in [5.74, 6) is 1.66. The summed E-state index contributed by atoms with van der Waals surface area (Å²) < 4.78 is 20.1. The van der Waals surface area contributed by atoms with E-state index in [-0.39, 0.29) is 0 Å². The van der Waals surface area contributed by atoms with E-state index >= 15 is 0 Å². The third-order valence-electron chi connectivity index (χ3n) is 4.32. The van der Waals surface area contributed by atoms with E-state index < -0.39 is 0 Å². The van der Waals surface area contributed by atoms with Gasteiger partial charge in [0.15, 0.2) is 21.2 Å². The zero-order chi connectivity index (χ0) is 19.8. The van der Waals surface area contributed by atoms with Gasteiger partial charge in [0.25, 0.3) is 0 Å². The molecule has 5 aromatic rings. The number of fused-ring (bicyclic) bond motifs is 2. The fraction of sp³-hybridized carbons (Fsp3) is 0.150. The second-order valence-electron chi connectivity index (χ2n) is 6.19. The molecule has 0 saturated carbocycles. The van der Waals surface area contributed by atoms with E-state index in [4.69, 9.17) is 13.9 Å². The molecule has 3 aromatic heterocycles. The Bertz CT molecular complexity index is 1260. The van der Waals surface area contributed by atoms with Crippen LogP contribution in [0.3, 0.4) is 0 Å². The van der Waals surface area contributed by atoms with Gasteiger partial charge in [-0.25, -0.2) is 14.5 Å². The Kier molecular flexibility index (Phi) is 4.61. The maximum atomic E-state index is 6.03. The average Bonchev–Trinajstić information content (AvgIpc) is 3.44. The first-order valence-corrected chi connectivity index (χ1v) is 10.8. The Morgan fingerprint density at radius 2 is 2.03 bits per heavy atom. The lowest BCUT2D eigenvalue weighted by Crippen LogP contribution is -1.96. The number of oxazole rings is 1. The molecule has 0 amide bonds. The third-order valence-corrected chi connectivity index (χ3v) is 6.22. The Labute approximate surface area is 174 Å². The zero-order valence-corrected chi connectivity index (χ0v) is 17.3. The Morgan fingerprint density at radius 1 is 1.17 bits per heavy atom. The summed E-state index contributed by atoms with van der Waals surface area (Å²) in [6, 6.07) is 13.6. The van der Waals surface area contributed by atoms with Crippen molar-refractivity contribution in [1.29, 1.82) is 0 Å². The summed E-state index contributed by atoms with van der Waals surface area (Å²) in [7, 11) is 1.61. The monoisotopic (exact) mass is 424 g/mol. The van der Waals surface area contributed by atoms with Gasteiger partial charge in [0.05, 0.1) is 13.3 Å². The van der Waals surface area contributed by atoms with E-state index in [0.29, 0.717) is 40.8 Å². The minimum absolute atomic E-state index is 0.418. The van der Waals surface area contributed by atoms with Crippen LogP contribution in [0, 0.1) is 0 Å². The number of ether oxygens (including phenoxy) is 2. The molecule has 0 aliphatic heterocycles. The summed E-state index contributed by atoms with van der Waals surface area (Å²) in [5.41, 5.74) is 2.90. The molecule has 0 saturated heterocycles. The van der Waals surface area contributed by atoms with Crippen molar-refractivity contribution in [3.05, 3.63) is 54.2 Å². The normalized spacial score (nSPS) is 11.4. The summed E-state index contributed by atoms with van der Waals surface area (Å²) in [6.45, 7) is 0.424. The molecule has 146 valence electrons. The highest BCUT2D eigenvalue weighted by Gasteiger charge is 2.18. The maximum Gasteiger partial charge on any atom is 0.248 e. The highest BCUT2D eigenvalue weighted by atomic mass is 32.2. The number of thioether (sulfide) groups is 1. The average molecular weight is 425 g/mol. The van der Waals surface area contributed by atoms with Gasteiger partial charge < -0.3 is 13.9 Å². The fourth-order valence-corrected chi connectivity index (χ4v) is 4.26. The zero-order valence-electron chi connectivity index (χ0n) is 15.7. The summed E-state index contributed by atoms with van der Waals surface area (Å²) in [4.78, 5) is 10.0. The molecule has 29 heavy (non-hydrogen) atoms. The highest BCUT2D eigenvalue weighted by molar-refractivity contribution is 8.00. The third kappa shape index (κ3) is 3.43. The van der Waals surface area contributed by atoms with Crippen molar-refractivity contribution >= 4 is 39.2 Å². The van der Waals surface area contributed by atoms with Gasteiger partial charge in [0.1, 0.15) is 18.1 Å². The topological polar surface area (TPSA) is 74.7 Å². The van der Waals surface area contributed by atoms with E-state index in [1.807, 2.05) is 48.9 Å².